The van der Waals surface area contributed by atoms with Gasteiger partial charge in [0.25, 0.3) is 0 Å². The normalized spacial score (nSPS) is 11.8. The van der Waals surface area contributed by atoms with Crippen LogP contribution in [0, 0.1) is 0 Å². The van der Waals surface area contributed by atoms with Gasteiger partial charge >= 0.3 is 0 Å². The molecule has 0 N–H and O–H groups in total. The van der Waals surface area contributed by atoms with Crippen LogP contribution in [0.3, 0.4) is 0 Å². The van der Waals surface area contributed by atoms with Crippen molar-refractivity contribution in [3.63, 3.8) is 0 Å². The van der Waals surface area contributed by atoms with Crippen LogP contribution in [0.1, 0.15) is 0 Å². The Hall–Kier alpha value is -7.10. The van der Waals surface area contributed by atoms with E-state index in [0.717, 1.165) is 44.7 Å². The minimum Gasteiger partial charge on any atom is -0.456 e. The number of benzene rings is 9. The van der Waals surface area contributed by atoms with Crippen molar-refractivity contribution in [1.82, 2.24) is 4.57 Å². The van der Waals surface area contributed by atoms with Gasteiger partial charge in [0.2, 0.25) is 0 Å². The van der Waals surface area contributed by atoms with Crippen LogP contribution in [0.5, 0.6) is 0 Å². The molecule has 0 aliphatic heterocycles. The van der Waals surface area contributed by atoms with E-state index < -0.39 is 0 Å². The summed E-state index contributed by atoms with van der Waals surface area (Å²) in [6.45, 7) is 0. The molecule has 0 saturated carbocycles. The van der Waals surface area contributed by atoms with Crippen LogP contribution in [0.15, 0.2) is 199 Å². The standard InChI is InChI=1S/C50H32N2O/c1-2-12-35(13-3-1)51(38-30-31-48-45(32-38)41-16-9-11-21-47(41)53-48)36-26-22-33(23-27-36)34-24-28-37(29-25-34)52-46-20-10-8-19-44(46)49-42-17-6-4-14-39(42)40-15-5-7-18-43(40)50(49)52/h1-32H. The van der Waals surface area contributed by atoms with Crippen molar-refractivity contribution in [2.75, 3.05) is 4.90 Å². The van der Waals surface area contributed by atoms with Crippen molar-refractivity contribution in [2.45, 2.75) is 0 Å². The quantitative estimate of drug-likeness (QED) is 0.169. The zero-order valence-electron chi connectivity index (χ0n) is 28.8. The molecule has 0 spiro atoms. The predicted octanol–water partition coefficient (Wildman–Crippen LogP) is 14.1. The van der Waals surface area contributed by atoms with Gasteiger partial charge in [-0.25, -0.2) is 0 Å². The smallest absolute Gasteiger partial charge is 0.135 e. The summed E-state index contributed by atoms with van der Waals surface area (Å²) in [5, 5.41) is 9.93. The highest BCUT2D eigenvalue weighted by atomic mass is 16.3. The third-order valence-electron chi connectivity index (χ3n) is 10.8. The van der Waals surface area contributed by atoms with Crippen molar-refractivity contribution in [3.8, 4) is 16.8 Å². The van der Waals surface area contributed by atoms with Gasteiger partial charge in [0, 0.05) is 49.7 Å². The molecule has 53 heavy (non-hydrogen) atoms. The number of furan rings is 1. The van der Waals surface area contributed by atoms with E-state index >= 15 is 0 Å². The second-order valence-corrected chi connectivity index (χ2v) is 13.7. The van der Waals surface area contributed by atoms with Crippen molar-refractivity contribution in [2.24, 2.45) is 0 Å². The van der Waals surface area contributed by atoms with E-state index in [0.29, 0.717) is 0 Å². The molecule has 0 radical (unpaired) electrons. The van der Waals surface area contributed by atoms with E-state index in [9.17, 15) is 0 Å². The largest absolute Gasteiger partial charge is 0.456 e. The lowest BCUT2D eigenvalue weighted by Gasteiger charge is -2.25. The summed E-state index contributed by atoms with van der Waals surface area (Å²) in [5.41, 5.74) is 11.0. The molecule has 3 nitrogen and oxygen atoms in total. The number of hydrogen-bond donors (Lipinski definition) is 0. The summed E-state index contributed by atoms with van der Waals surface area (Å²) in [7, 11) is 0. The average Bonchev–Trinajstić information content (AvgIpc) is 3.78. The highest BCUT2D eigenvalue weighted by Gasteiger charge is 2.19. The maximum absolute atomic E-state index is 6.15. The van der Waals surface area contributed by atoms with Crippen molar-refractivity contribution >= 4 is 82.4 Å². The minimum absolute atomic E-state index is 0.893. The molecule has 2 heterocycles. The summed E-state index contributed by atoms with van der Waals surface area (Å²) >= 11 is 0. The topological polar surface area (TPSA) is 21.3 Å². The minimum atomic E-state index is 0.893. The number of fused-ring (bicyclic) bond motifs is 11. The third kappa shape index (κ3) is 4.61. The SMILES string of the molecule is c1ccc(N(c2ccc(-c3ccc(-n4c5ccccc5c5c6ccccc6c6ccccc6c54)cc3)cc2)c2ccc3oc4ccccc4c3c2)cc1. The van der Waals surface area contributed by atoms with Gasteiger partial charge in [0.05, 0.1) is 11.0 Å². The van der Waals surface area contributed by atoms with E-state index in [4.69, 9.17) is 4.42 Å². The van der Waals surface area contributed by atoms with Crippen LogP contribution in [0.2, 0.25) is 0 Å². The second kappa shape index (κ2) is 11.7. The fourth-order valence-electron chi connectivity index (χ4n) is 8.38. The summed E-state index contributed by atoms with van der Waals surface area (Å²) < 4.78 is 8.60. The Balaban J connectivity index is 1.01. The van der Waals surface area contributed by atoms with Crippen LogP contribution >= 0.6 is 0 Å². The molecule has 248 valence electrons. The lowest BCUT2D eigenvalue weighted by molar-refractivity contribution is 0.669. The average molecular weight is 677 g/mol. The molecule has 0 aliphatic carbocycles. The van der Waals surface area contributed by atoms with Gasteiger partial charge in [-0.05, 0) is 94.0 Å². The Bertz CT molecular complexity index is 3150. The molecular formula is C50H32N2O. The molecule has 0 aliphatic rings. The monoisotopic (exact) mass is 676 g/mol. The van der Waals surface area contributed by atoms with Gasteiger partial charge < -0.3 is 13.9 Å². The summed E-state index contributed by atoms with van der Waals surface area (Å²) in [6.07, 6.45) is 0. The Morgan fingerprint density at radius 3 is 1.64 bits per heavy atom. The van der Waals surface area contributed by atoms with E-state index in [1.807, 2.05) is 12.1 Å². The molecule has 11 aromatic rings. The number of hydrogen-bond acceptors (Lipinski definition) is 2. The summed E-state index contributed by atoms with van der Waals surface area (Å²) in [4.78, 5) is 2.31. The van der Waals surface area contributed by atoms with Gasteiger partial charge in [-0.2, -0.15) is 0 Å². The van der Waals surface area contributed by atoms with Gasteiger partial charge in [-0.3, -0.25) is 0 Å². The first-order chi connectivity index (χ1) is 26.3. The lowest BCUT2D eigenvalue weighted by Crippen LogP contribution is -2.09. The molecule has 9 aromatic carbocycles. The fraction of sp³-hybridized carbons (Fsp3) is 0. The number of rotatable bonds is 5. The first kappa shape index (κ1) is 29.6. The second-order valence-electron chi connectivity index (χ2n) is 13.7. The van der Waals surface area contributed by atoms with Gasteiger partial charge in [0.1, 0.15) is 11.2 Å². The molecular weight excluding hydrogens is 645 g/mol. The molecule has 0 amide bonds. The molecule has 0 atom stereocenters. The zero-order valence-corrected chi connectivity index (χ0v) is 28.8. The van der Waals surface area contributed by atoms with Crippen molar-refractivity contribution < 1.29 is 4.42 Å². The lowest BCUT2D eigenvalue weighted by atomic mass is 9.97. The summed E-state index contributed by atoms with van der Waals surface area (Å²) in [6, 6.07) is 69.6. The van der Waals surface area contributed by atoms with Gasteiger partial charge in [-0.15, -0.1) is 0 Å². The van der Waals surface area contributed by atoms with E-state index in [-0.39, 0.29) is 0 Å². The molecule has 2 aromatic heterocycles. The molecule has 3 heteroatoms. The maximum atomic E-state index is 6.15. The molecule has 0 saturated heterocycles. The molecule has 11 rings (SSSR count). The Morgan fingerprint density at radius 1 is 0.358 bits per heavy atom. The first-order valence-corrected chi connectivity index (χ1v) is 18.1. The Labute approximate surface area is 306 Å². The first-order valence-electron chi connectivity index (χ1n) is 18.1. The van der Waals surface area contributed by atoms with Crippen LogP contribution in [0.4, 0.5) is 17.1 Å². The third-order valence-corrected chi connectivity index (χ3v) is 10.8. The van der Waals surface area contributed by atoms with E-state index in [1.165, 1.54) is 54.5 Å². The number of anilines is 3. The Kier molecular flexibility index (Phi) is 6.55. The van der Waals surface area contributed by atoms with Gasteiger partial charge in [0.15, 0.2) is 0 Å². The molecule has 0 unspecified atom stereocenters. The molecule has 0 bridgehead atoms. The van der Waals surface area contributed by atoms with E-state index in [1.54, 1.807) is 0 Å². The van der Waals surface area contributed by atoms with Crippen molar-refractivity contribution in [3.05, 3.63) is 194 Å². The van der Waals surface area contributed by atoms with Crippen LogP contribution < -0.4 is 4.90 Å². The number of nitrogens with zero attached hydrogens (tertiary/aromatic N) is 2. The van der Waals surface area contributed by atoms with Crippen molar-refractivity contribution in [1.29, 1.82) is 0 Å². The van der Waals surface area contributed by atoms with Crippen LogP contribution in [-0.2, 0) is 0 Å². The van der Waals surface area contributed by atoms with Gasteiger partial charge in [-0.1, -0.05) is 127 Å². The Morgan fingerprint density at radius 2 is 0.887 bits per heavy atom. The maximum Gasteiger partial charge on any atom is 0.135 e. The summed E-state index contributed by atoms with van der Waals surface area (Å²) in [5.74, 6) is 0. The fourth-order valence-corrected chi connectivity index (χ4v) is 8.38. The highest BCUT2D eigenvalue weighted by molar-refractivity contribution is 6.32. The predicted molar refractivity (Wildman–Crippen MR) is 223 cm³/mol. The molecule has 0 fully saturated rings. The highest BCUT2D eigenvalue weighted by Crippen LogP contribution is 2.43. The van der Waals surface area contributed by atoms with Crippen LogP contribution in [0.25, 0.3) is 82.1 Å². The number of para-hydroxylation sites is 3. The zero-order chi connectivity index (χ0) is 34.9. The van der Waals surface area contributed by atoms with Crippen LogP contribution in [-0.4, -0.2) is 4.57 Å². The number of aromatic nitrogens is 1. The van der Waals surface area contributed by atoms with E-state index in [2.05, 4.69) is 191 Å².